The molecule has 4 aliphatic heterocycles. The molecular formula is C94H140FN7O25S2. The van der Waals surface area contributed by atoms with Crippen LogP contribution in [0.4, 0.5) is 10.2 Å². The number of aliphatic hydroxyl groups is 3. The minimum absolute atomic E-state index is 0.0279. The highest BCUT2D eigenvalue weighted by atomic mass is 32.2. The Morgan fingerprint density at radius 2 is 1.34 bits per heavy atom. The summed E-state index contributed by atoms with van der Waals surface area (Å²) in [5.74, 6) is -8.25. The van der Waals surface area contributed by atoms with Crippen molar-refractivity contribution < 1.29 is 124 Å². The number of rotatable bonds is 40. The van der Waals surface area contributed by atoms with Gasteiger partial charge in [-0.3, -0.25) is 28.2 Å². The highest BCUT2D eigenvalue weighted by molar-refractivity contribution is 7.85. The second-order valence-corrected chi connectivity index (χ2v) is 35.7. The number of cyclic esters (lactones) is 1. The first-order chi connectivity index (χ1) is 62.0. The number of hydrogen-bond acceptors (Lipinski definition) is 29. The van der Waals surface area contributed by atoms with Crippen molar-refractivity contribution in [2.45, 2.75) is 210 Å². The number of aromatic nitrogens is 1. The summed E-state index contributed by atoms with van der Waals surface area (Å²) in [6.45, 7) is 19.0. The van der Waals surface area contributed by atoms with E-state index in [-0.39, 0.29) is 134 Å². The van der Waals surface area contributed by atoms with Gasteiger partial charge in [0.2, 0.25) is 11.7 Å². The molecule has 3 fully saturated rings. The molecule has 720 valence electrons. The lowest BCUT2D eigenvalue weighted by Gasteiger charge is -2.43. The van der Waals surface area contributed by atoms with Gasteiger partial charge in [-0.05, 0) is 168 Å². The van der Waals surface area contributed by atoms with Crippen molar-refractivity contribution in [3.8, 4) is 16.9 Å². The number of pyridine rings is 1. The minimum atomic E-state index is -2.48. The number of aliphatic hydroxyl groups excluding tert-OH is 2. The highest BCUT2D eigenvalue weighted by Crippen LogP contribution is 2.39. The summed E-state index contributed by atoms with van der Waals surface area (Å²) in [5, 5.41) is 40.9. The van der Waals surface area contributed by atoms with Gasteiger partial charge in [0.15, 0.2) is 5.78 Å². The number of nitrogens with zero attached hydrogens (tertiary/aromatic N) is 3. The van der Waals surface area contributed by atoms with Gasteiger partial charge in [0, 0.05) is 119 Å². The number of nitrogens with two attached hydrogens (primary N) is 2. The first-order valence-electron chi connectivity index (χ1n) is 45.2. The van der Waals surface area contributed by atoms with Gasteiger partial charge in [0.1, 0.15) is 54.4 Å². The average molecular weight is 1850 g/mol. The molecule has 129 heavy (non-hydrogen) atoms. The molecule has 5 aliphatic rings. The molecule has 32 nitrogen and oxygen atoms in total. The Kier molecular flexibility index (Phi) is 46.8. The third-order valence-corrected chi connectivity index (χ3v) is 25.8. The van der Waals surface area contributed by atoms with Crippen LogP contribution in [-0.2, 0) is 108 Å². The number of nitrogen functional groups attached to an aromatic ring is 1. The van der Waals surface area contributed by atoms with E-state index in [2.05, 4.69) is 15.6 Å². The molecule has 2 saturated heterocycles. The number of hydrogen-bond donors (Lipinski definition) is 7. The van der Waals surface area contributed by atoms with Crippen LogP contribution in [0.3, 0.4) is 0 Å². The number of allylic oxidation sites excluding steroid dienone is 5. The third kappa shape index (κ3) is 34.2. The molecule has 3 aromatic rings. The lowest BCUT2D eigenvalue weighted by Crippen LogP contribution is -2.61. The lowest BCUT2D eigenvalue weighted by molar-refractivity contribution is -0.265. The number of ketones is 2. The normalized spacial score (nSPS) is 26.8. The molecule has 5 heterocycles. The smallest absolute Gasteiger partial charge is 0.329 e. The molecule has 1 unspecified atom stereocenters. The third-order valence-electron chi connectivity index (χ3n) is 24.2. The predicted molar refractivity (Wildman–Crippen MR) is 485 cm³/mol. The Balaban J connectivity index is 0.644. The monoisotopic (exact) mass is 1850 g/mol. The van der Waals surface area contributed by atoms with Crippen LogP contribution in [0, 0.1) is 42.3 Å². The standard InChI is InChI=1S/C94H140FN7O25S2/c1-61-16-12-11-13-17-62(2)78(113-8)57-72-23-19-66(6)94(111,127-72)89(107)91(109)102-32-15-14-18-75(102)92(110)125-80(58-79(114-9)63(3)53-65(5)87(105)88(106)86(104)64(4)52-61)74(96)54-68-20-25-77(81(55-68)115-10)126-93(128)99-30-35-117-38-40-119-42-44-121-46-48-123-50-49-122-47-45-120-43-41-118-39-37-116-34-29-84(103)98-31-51-129(112)82-27-24-73(67(7)85(82)95)90(108)101-33-36-124-76-26-21-69(56-71(76)60-101)70-22-28-83(97)100-59-70/h11-13,16-17,21-22,24,26-28,53,56,59,61,63-64,66,68,72,74-75,77-81,87-88,105-106,111H,14-15,18-20,23,25,29-52,54-55,57-58,60,96H2,1-10H3,(H2,97,100)(H,98,103)(H,99,128)/b13-11?,16-12+,62-17?,65-53+/t61-,63-,64-,66-,68+,72+,74-,75+,77-,78+,79-,80+,81-,87-,88+,94-,129?/m1/s1. The first-order valence-corrected chi connectivity index (χ1v) is 47.0. The van der Waals surface area contributed by atoms with Crippen molar-refractivity contribution in [1.29, 1.82) is 0 Å². The number of esters is 1. The number of nitrogens with one attached hydrogen (secondary N) is 2. The van der Waals surface area contributed by atoms with E-state index in [1.807, 2.05) is 75.4 Å². The quantitative estimate of drug-likeness (QED) is 0.00928. The topological polar surface area (TPSA) is 414 Å². The van der Waals surface area contributed by atoms with Crippen LogP contribution in [0.2, 0.25) is 0 Å². The van der Waals surface area contributed by atoms with Crippen molar-refractivity contribution >= 4 is 69.3 Å². The number of anilines is 1. The molecule has 1 saturated carbocycles. The number of benzene rings is 2. The summed E-state index contributed by atoms with van der Waals surface area (Å²) in [6, 6.07) is 10.2. The Labute approximate surface area is 766 Å². The number of methoxy groups -OCH3 is 3. The fraction of sp³-hybridized carbons (Fsp3) is 0.660. The maximum Gasteiger partial charge on any atom is 0.329 e. The van der Waals surface area contributed by atoms with Gasteiger partial charge in [0.05, 0.1) is 152 Å². The molecule has 1 aromatic heterocycles. The molecule has 0 radical (unpaired) electrons. The summed E-state index contributed by atoms with van der Waals surface area (Å²) in [4.78, 5) is 90.7. The number of Topliss-reactive ketones (excluding diaryl/α,β-unsaturated/α-hetero) is 2. The van der Waals surface area contributed by atoms with Gasteiger partial charge in [0.25, 0.3) is 22.8 Å². The number of piperidine rings is 1. The van der Waals surface area contributed by atoms with E-state index in [1.54, 1.807) is 58.2 Å². The second kappa shape index (κ2) is 56.5. The summed E-state index contributed by atoms with van der Waals surface area (Å²) in [5.41, 5.74) is 16.9. The zero-order valence-corrected chi connectivity index (χ0v) is 78.3. The molecule has 9 N–H and O–H groups in total. The van der Waals surface area contributed by atoms with Crippen molar-refractivity contribution in [1.82, 2.24) is 25.4 Å². The number of halogens is 1. The largest absolute Gasteiger partial charge is 0.491 e. The minimum Gasteiger partial charge on any atom is -0.491 e. The van der Waals surface area contributed by atoms with Crippen molar-refractivity contribution in [2.75, 3.05) is 171 Å². The maximum atomic E-state index is 15.7. The van der Waals surface area contributed by atoms with E-state index in [0.29, 0.717) is 174 Å². The number of carbonyl (C=O) groups excluding carboxylic acids is 6. The molecule has 1 aliphatic carbocycles. The number of carbonyl (C=O) groups is 6. The summed E-state index contributed by atoms with van der Waals surface area (Å²) in [7, 11) is 2.89. The zero-order valence-electron chi connectivity index (χ0n) is 76.7. The molecule has 2 bridgehead atoms. The number of thiocarbonyl (C=S) groups is 1. The van der Waals surface area contributed by atoms with Crippen LogP contribution in [0.5, 0.6) is 5.75 Å². The van der Waals surface area contributed by atoms with Crippen LogP contribution in [0.15, 0.2) is 101 Å². The predicted octanol–water partition coefficient (Wildman–Crippen LogP) is 8.14. The van der Waals surface area contributed by atoms with Gasteiger partial charge in [-0.15, -0.1) is 0 Å². The van der Waals surface area contributed by atoms with Gasteiger partial charge in [-0.1, -0.05) is 70.2 Å². The van der Waals surface area contributed by atoms with Crippen LogP contribution in [0.25, 0.3) is 11.1 Å². The SMILES string of the molecule is CO[C@H]1C[C@@H]2CC[C@@H](C)[C@@](O)(O2)C(=O)C(=O)N2CCCC[C@H]2C(=O)O[C@H]([C@H](N)C[C@@H]2CC[C@@H](OC(=S)NCCOCCOCCOCCOCCOCCOCCOCCOCCC(=O)NCCS(=O)c3ccc(C(=O)N4CCOc5ccc(-c6ccc(N)nc6)cc5C4)c(C)c3F)[C@H](OC)C2)C[C@@H](OC)[C@H](C)/C=C(\C)[C@@H](O)[C@@H](O)C(=O)[C@H](C)C[C@H](C)/C=C/C=CC=C1C. The fourth-order valence-electron chi connectivity index (χ4n) is 16.5. The van der Waals surface area contributed by atoms with Gasteiger partial charge < -0.3 is 118 Å². The Morgan fingerprint density at radius 3 is 1.98 bits per heavy atom. The van der Waals surface area contributed by atoms with Crippen LogP contribution >= 0.6 is 12.2 Å². The van der Waals surface area contributed by atoms with E-state index < -0.39 is 112 Å². The second-order valence-electron chi connectivity index (χ2n) is 33.7. The molecule has 17 atom stereocenters. The van der Waals surface area contributed by atoms with E-state index in [9.17, 15) is 48.3 Å². The molecular weight excluding hydrogens is 1710 g/mol. The molecule has 2 aromatic carbocycles. The zero-order chi connectivity index (χ0) is 93.4. The summed E-state index contributed by atoms with van der Waals surface area (Å²) < 4.78 is 117. The lowest BCUT2D eigenvalue weighted by atomic mass is 9.80. The first kappa shape index (κ1) is 107. The van der Waals surface area contributed by atoms with Crippen molar-refractivity contribution in [3.05, 3.63) is 119 Å². The fourth-order valence-corrected chi connectivity index (χ4v) is 17.8. The van der Waals surface area contributed by atoms with Gasteiger partial charge in [-0.25, -0.2) is 14.2 Å². The Bertz CT molecular complexity index is 4170. The number of ether oxygens (including phenoxy) is 15. The average Bonchev–Trinajstić information content (AvgIpc) is 1.44. The van der Waals surface area contributed by atoms with Crippen molar-refractivity contribution in [2.24, 2.45) is 35.3 Å². The molecule has 3 amide bonds. The van der Waals surface area contributed by atoms with E-state index >= 15 is 4.39 Å². The Hall–Kier alpha value is -7.50. The van der Waals surface area contributed by atoms with Crippen LogP contribution < -0.4 is 26.8 Å². The molecule has 0 spiro atoms. The number of fused-ring (bicyclic) bond motifs is 4. The van der Waals surface area contributed by atoms with E-state index in [4.69, 9.17) is 94.7 Å². The molecule has 8 rings (SSSR count). The van der Waals surface area contributed by atoms with Crippen molar-refractivity contribution in [3.63, 3.8) is 0 Å². The Morgan fingerprint density at radius 1 is 0.698 bits per heavy atom. The van der Waals surface area contributed by atoms with Gasteiger partial charge in [-0.2, -0.15) is 0 Å². The molecule has 35 heteroatoms. The van der Waals surface area contributed by atoms with E-state index in [0.717, 1.165) is 22.3 Å². The highest BCUT2D eigenvalue weighted by Gasteiger charge is 2.53. The van der Waals surface area contributed by atoms with Gasteiger partial charge >= 0.3 is 5.97 Å². The van der Waals surface area contributed by atoms with E-state index in [1.165, 1.54) is 31.1 Å². The van der Waals surface area contributed by atoms with Crippen LogP contribution in [-0.4, -0.2) is 307 Å². The van der Waals surface area contributed by atoms with Crippen LogP contribution in [0.1, 0.15) is 146 Å². The maximum absolute atomic E-state index is 15.7. The summed E-state index contributed by atoms with van der Waals surface area (Å²) in [6.07, 6.45) is 11.1. The number of amides is 3. The summed E-state index contributed by atoms with van der Waals surface area (Å²) >= 11 is 5.61.